The van der Waals surface area contributed by atoms with Crippen LogP contribution in [0.25, 0.3) is 21.5 Å². The molecular formula is C18H13N3OS2. The minimum absolute atomic E-state index is 0.163. The summed E-state index contributed by atoms with van der Waals surface area (Å²) >= 11 is 3.06. The highest BCUT2D eigenvalue weighted by molar-refractivity contribution is 7.16. The SMILES string of the molecule is Cc1cc(C(=O)Nc2nc(-c3cccs3)cs2)c2ccccc2n1. The molecule has 1 N–H and O–H groups in total. The molecule has 3 heterocycles. The van der Waals surface area contributed by atoms with Gasteiger partial charge in [-0.2, -0.15) is 0 Å². The number of fused-ring (bicyclic) bond motifs is 1. The Morgan fingerprint density at radius 3 is 2.79 bits per heavy atom. The smallest absolute Gasteiger partial charge is 0.258 e. The van der Waals surface area contributed by atoms with E-state index in [2.05, 4.69) is 15.3 Å². The molecular weight excluding hydrogens is 338 g/mol. The predicted molar refractivity (Wildman–Crippen MR) is 99.9 cm³/mol. The van der Waals surface area contributed by atoms with Gasteiger partial charge in [0.15, 0.2) is 5.13 Å². The highest BCUT2D eigenvalue weighted by Gasteiger charge is 2.14. The Morgan fingerprint density at radius 2 is 1.96 bits per heavy atom. The molecule has 0 saturated heterocycles. The lowest BCUT2D eigenvalue weighted by molar-refractivity contribution is 0.102. The van der Waals surface area contributed by atoms with Crippen molar-refractivity contribution in [2.24, 2.45) is 0 Å². The fourth-order valence-electron chi connectivity index (χ4n) is 2.53. The van der Waals surface area contributed by atoms with Crippen LogP contribution in [0, 0.1) is 6.92 Å². The van der Waals surface area contributed by atoms with Gasteiger partial charge in [0.1, 0.15) is 0 Å². The molecule has 0 aliphatic heterocycles. The molecule has 0 saturated carbocycles. The van der Waals surface area contributed by atoms with Gasteiger partial charge in [-0.05, 0) is 30.5 Å². The molecule has 6 heteroatoms. The molecule has 3 aromatic heterocycles. The normalized spacial score (nSPS) is 10.9. The number of hydrogen-bond donors (Lipinski definition) is 1. The van der Waals surface area contributed by atoms with Crippen LogP contribution in [0.5, 0.6) is 0 Å². The second kappa shape index (κ2) is 6.14. The van der Waals surface area contributed by atoms with E-state index < -0.39 is 0 Å². The minimum atomic E-state index is -0.163. The zero-order chi connectivity index (χ0) is 16.5. The number of carbonyl (C=O) groups is 1. The average molecular weight is 351 g/mol. The van der Waals surface area contributed by atoms with Gasteiger partial charge in [0.25, 0.3) is 5.91 Å². The maximum atomic E-state index is 12.7. The van der Waals surface area contributed by atoms with E-state index in [1.807, 2.05) is 60.1 Å². The second-order valence-corrected chi connectivity index (χ2v) is 7.10. The zero-order valence-corrected chi connectivity index (χ0v) is 14.4. The van der Waals surface area contributed by atoms with Crippen LogP contribution in [0.1, 0.15) is 16.1 Å². The number of aromatic nitrogens is 2. The summed E-state index contributed by atoms with van der Waals surface area (Å²) in [7, 11) is 0. The van der Waals surface area contributed by atoms with Crippen molar-refractivity contribution in [2.75, 3.05) is 5.32 Å². The molecule has 4 nitrogen and oxygen atoms in total. The number of rotatable bonds is 3. The van der Waals surface area contributed by atoms with Crippen molar-refractivity contribution in [2.45, 2.75) is 6.92 Å². The molecule has 0 aliphatic rings. The van der Waals surface area contributed by atoms with Crippen molar-refractivity contribution in [1.29, 1.82) is 0 Å². The lowest BCUT2D eigenvalue weighted by atomic mass is 10.1. The molecule has 1 amide bonds. The van der Waals surface area contributed by atoms with Crippen LogP contribution in [0.4, 0.5) is 5.13 Å². The van der Waals surface area contributed by atoms with Crippen molar-refractivity contribution >= 4 is 44.6 Å². The average Bonchev–Trinajstić information content (AvgIpc) is 3.25. The van der Waals surface area contributed by atoms with Gasteiger partial charge in [0.05, 0.1) is 21.7 Å². The Morgan fingerprint density at radius 1 is 1.08 bits per heavy atom. The monoisotopic (exact) mass is 351 g/mol. The first kappa shape index (κ1) is 15.0. The molecule has 0 bridgehead atoms. The number of aryl methyl sites for hydroxylation is 1. The number of amides is 1. The van der Waals surface area contributed by atoms with E-state index in [9.17, 15) is 4.79 Å². The third-order valence-corrected chi connectivity index (χ3v) is 5.24. The number of anilines is 1. The van der Waals surface area contributed by atoms with Crippen molar-refractivity contribution in [3.05, 3.63) is 64.5 Å². The highest BCUT2D eigenvalue weighted by Crippen LogP contribution is 2.29. The first-order valence-electron chi connectivity index (χ1n) is 7.38. The molecule has 0 unspecified atom stereocenters. The van der Waals surface area contributed by atoms with Gasteiger partial charge >= 0.3 is 0 Å². The van der Waals surface area contributed by atoms with E-state index >= 15 is 0 Å². The number of benzene rings is 1. The summed E-state index contributed by atoms with van der Waals surface area (Å²) in [5.41, 5.74) is 3.14. The summed E-state index contributed by atoms with van der Waals surface area (Å²) in [6.45, 7) is 1.89. The Hall–Kier alpha value is -2.57. The number of para-hydroxylation sites is 1. The van der Waals surface area contributed by atoms with E-state index in [1.54, 1.807) is 11.3 Å². The maximum Gasteiger partial charge on any atom is 0.258 e. The van der Waals surface area contributed by atoms with Crippen molar-refractivity contribution < 1.29 is 4.79 Å². The first-order chi connectivity index (χ1) is 11.7. The van der Waals surface area contributed by atoms with E-state index in [-0.39, 0.29) is 5.91 Å². The number of hydrogen-bond acceptors (Lipinski definition) is 5. The Labute approximate surface area is 146 Å². The van der Waals surface area contributed by atoms with E-state index in [1.165, 1.54) is 11.3 Å². The van der Waals surface area contributed by atoms with Crippen molar-refractivity contribution in [3.63, 3.8) is 0 Å². The molecule has 0 radical (unpaired) electrons. The molecule has 4 aromatic rings. The summed E-state index contributed by atoms with van der Waals surface area (Å²) in [5, 5.41) is 8.32. The van der Waals surface area contributed by atoms with Gasteiger partial charge in [0, 0.05) is 16.5 Å². The third kappa shape index (κ3) is 2.81. The lowest BCUT2D eigenvalue weighted by Gasteiger charge is -2.07. The van der Waals surface area contributed by atoms with E-state index in [4.69, 9.17) is 0 Å². The first-order valence-corrected chi connectivity index (χ1v) is 9.14. The van der Waals surface area contributed by atoms with Crippen LogP contribution in [0.15, 0.2) is 53.2 Å². The summed E-state index contributed by atoms with van der Waals surface area (Å²) in [4.78, 5) is 22.8. The van der Waals surface area contributed by atoms with Crippen LogP contribution in [0.2, 0.25) is 0 Å². The largest absolute Gasteiger partial charge is 0.298 e. The highest BCUT2D eigenvalue weighted by atomic mass is 32.1. The van der Waals surface area contributed by atoms with Crippen molar-refractivity contribution in [1.82, 2.24) is 9.97 Å². The maximum absolute atomic E-state index is 12.7. The summed E-state index contributed by atoms with van der Waals surface area (Å²) in [6, 6.07) is 13.5. The van der Waals surface area contributed by atoms with E-state index in [0.29, 0.717) is 10.7 Å². The van der Waals surface area contributed by atoms with Crippen LogP contribution in [0.3, 0.4) is 0 Å². The molecule has 4 rings (SSSR count). The minimum Gasteiger partial charge on any atom is -0.298 e. The molecule has 0 atom stereocenters. The summed E-state index contributed by atoms with van der Waals surface area (Å²) < 4.78 is 0. The van der Waals surface area contributed by atoms with E-state index in [0.717, 1.165) is 27.2 Å². The standard InChI is InChI=1S/C18H13N3OS2/c1-11-9-13(12-5-2-3-6-14(12)19-11)17(22)21-18-20-15(10-24-18)16-7-4-8-23-16/h2-10H,1H3,(H,20,21,22). The second-order valence-electron chi connectivity index (χ2n) is 5.30. The number of nitrogens with zero attached hydrogens (tertiary/aromatic N) is 2. The fourth-order valence-corrected chi connectivity index (χ4v) is 4.00. The van der Waals surface area contributed by atoms with Crippen molar-refractivity contribution in [3.8, 4) is 10.6 Å². The fraction of sp³-hybridized carbons (Fsp3) is 0.0556. The summed E-state index contributed by atoms with van der Waals surface area (Å²) in [5.74, 6) is -0.163. The van der Waals surface area contributed by atoms with Gasteiger partial charge in [-0.25, -0.2) is 4.98 Å². The quantitative estimate of drug-likeness (QED) is 0.566. The summed E-state index contributed by atoms with van der Waals surface area (Å²) in [6.07, 6.45) is 0. The number of thiazole rings is 1. The lowest BCUT2D eigenvalue weighted by Crippen LogP contribution is -2.13. The number of carbonyl (C=O) groups excluding carboxylic acids is 1. The zero-order valence-electron chi connectivity index (χ0n) is 12.8. The Balaban J connectivity index is 1.65. The van der Waals surface area contributed by atoms with Gasteiger partial charge in [0.2, 0.25) is 0 Å². The molecule has 0 aliphatic carbocycles. The van der Waals surface area contributed by atoms with Gasteiger partial charge in [-0.15, -0.1) is 22.7 Å². The molecule has 1 aromatic carbocycles. The molecule has 24 heavy (non-hydrogen) atoms. The number of thiophene rings is 1. The predicted octanol–water partition coefficient (Wildman–Crippen LogP) is 4.98. The van der Waals surface area contributed by atoms with Gasteiger partial charge < -0.3 is 0 Å². The molecule has 0 fully saturated rings. The number of pyridine rings is 1. The Kier molecular flexibility index (Phi) is 3.84. The van der Waals surface area contributed by atoms with Crippen LogP contribution < -0.4 is 5.32 Å². The van der Waals surface area contributed by atoms with Crippen LogP contribution >= 0.6 is 22.7 Å². The van der Waals surface area contributed by atoms with Gasteiger partial charge in [-0.1, -0.05) is 24.3 Å². The number of nitrogens with one attached hydrogen (secondary N) is 1. The van der Waals surface area contributed by atoms with Gasteiger partial charge in [-0.3, -0.25) is 15.1 Å². The molecule has 118 valence electrons. The topological polar surface area (TPSA) is 54.9 Å². The van der Waals surface area contributed by atoms with Crippen LogP contribution in [-0.4, -0.2) is 15.9 Å². The van der Waals surface area contributed by atoms with Crippen LogP contribution in [-0.2, 0) is 0 Å². The Bertz CT molecular complexity index is 1020. The molecule has 0 spiro atoms. The third-order valence-electron chi connectivity index (χ3n) is 3.59.